The standard InChI is InChI=1S/C10H18N2/c1-8(2)5-6-10-9(3)7-11-12(10)4/h7-8H,5-6H2,1-4H3. The van der Waals surface area contributed by atoms with Crippen LogP contribution in [0.1, 0.15) is 31.5 Å². The van der Waals surface area contributed by atoms with Crippen molar-refractivity contribution in [3.05, 3.63) is 17.5 Å². The quantitative estimate of drug-likeness (QED) is 0.673. The van der Waals surface area contributed by atoms with Gasteiger partial charge in [0, 0.05) is 12.7 Å². The van der Waals surface area contributed by atoms with Gasteiger partial charge < -0.3 is 0 Å². The number of hydrogen-bond acceptors (Lipinski definition) is 1. The highest BCUT2D eigenvalue weighted by Crippen LogP contribution is 2.11. The van der Waals surface area contributed by atoms with Gasteiger partial charge in [0.25, 0.3) is 0 Å². The molecule has 12 heavy (non-hydrogen) atoms. The van der Waals surface area contributed by atoms with Gasteiger partial charge in [0.15, 0.2) is 0 Å². The van der Waals surface area contributed by atoms with Gasteiger partial charge in [0.2, 0.25) is 0 Å². The van der Waals surface area contributed by atoms with Crippen LogP contribution in [0.15, 0.2) is 6.20 Å². The number of aryl methyl sites for hydroxylation is 2. The largest absolute Gasteiger partial charge is 0.272 e. The van der Waals surface area contributed by atoms with Gasteiger partial charge >= 0.3 is 0 Å². The maximum Gasteiger partial charge on any atom is 0.0521 e. The Morgan fingerprint density at radius 1 is 1.50 bits per heavy atom. The molecule has 0 saturated carbocycles. The van der Waals surface area contributed by atoms with E-state index in [0.29, 0.717) is 0 Å². The van der Waals surface area contributed by atoms with Crippen LogP contribution >= 0.6 is 0 Å². The van der Waals surface area contributed by atoms with Crippen LogP contribution in [0.4, 0.5) is 0 Å². The molecule has 2 heteroatoms. The van der Waals surface area contributed by atoms with Crippen molar-refractivity contribution in [2.45, 2.75) is 33.6 Å². The lowest BCUT2D eigenvalue weighted by Gasteiger charge is -2.05. The lowest BCUT2D eigenvalue weighted by molar-refractivity contribution is 0.563. The van der Waals surface area contributed by atoms with Gasteiger partial charge in [-0.2, -0.15) is 5.10 Å². The van der Waals surface area contributed by atoms with Crippen LogP contribution in [0.3, 0.4) is 0 Å². The zero-order chi connectivity index (χ0) is 9.14. The van der Waals surface area contributed by atoms with E-state index in [1.807, 2.05) is 17.9 Å². The second-order valence-corrected chi connectivity index (χ2v) is 3.83. The molecule has 0 aliphatic heterocycles. The second-order valence-electron chi connectivity index (χ2n) is 3.83. The Hall–Kier alpha value is -0.790. The van der Waals surface area contributed by atoms with E-state index in [-0.39, 0.29) is 0 Å². The number of aromatic nitrogens is 2. The highest BCUT2D eigenvalue weighted by Gasteiger charge is 2.04. The summed E-state index contributed by atoms with van der Waals surface area (Å²) in [6.45, 7) is 6.64. The first-order valence-corrected chi connectivity index (χ1v) is 4.58. The molecule has 68 valence electrons. The fourth-order valence-electron chi connectivity index (χ4n) is 1.36. The molecule has 0 N–H and O–H groups in total. The summed E-state index contributed by atoms with van der Waals surface area (Å²) >= 11 is 0. The summed E-state index contributed by atoms with van der Waals surface area (Å²) in [6.07, 6.45) is 4.34. The van der Waals surface area contributed by atoms with Crippen molar-refractivity contribution in [3.8, 4) is 0 Å². The highest BCUT2D eigenvalue weighted by atomic mass is 15.3. The number of hydrogen-bond donors (Lipinski definition) is 0. The van der Waals surface area contributed by atoms with Crippen LogP contribution in [0.5, 0.6) is 0 Å². The van der Waals surface area contributed by atoms with Gasteiger partial charge in [0.1, 0.15) is 0 Å². The first-order chi connectivity index (χ1) is 5.61. The average Bonchev–Trinajstić information content (AvgIpc) is 2.28. The van der Waals surface area contributed by atoms with Crippen molar-refractivity contribution >= 4 is 0 Å². The predicted octanol–water partition coefficient (Wildman–Crippen LogP) is 2.32. The second kappa shape index (κ2) is 3.74. The lowest BCUT2D eigenvalue weighted by Crippen LogP contribution is -2.01. The normalized spacial score (nSPS) is 11.1. The summed E-state index contributed by atoms with van der Waals surface area (Å²) < 4.78 is 1.98. The first-order valence-electron chi connectivity index (χ1n) is 4.58. The minimum atomic E-state index is 0.777. The lowest BCUT2D eigenvalue weighted by atomic mass is 10.0. The molecular formula is C10H18N2. The highest BCUT2D eigenvalue weighted by molar-refractivity contribution is 5.15. The summed E-state index contributed by atoms with van der Waals surface area (Å²) in [6, 6.07) is 0. The van der Waals surface area contributed by atoms with E-state index < -0.39 is 0 Å². The van der Waals surface area contributed by atoms with Crippen LogP contribution in [0.25, 0.3) is 0 Å². The van der Waals surface area contributed by atoms with E-state index in [1.54, 1.807) is 0 Å². The molecular weight excluding hydrogens is 148 g/mol. The molecule has 0 radical (unpaired) electrons. The Bertz CT molecular complexity index is 229. The molecule has 1 rings (SSSR count). The summed E-state index contributed by atoms with van der Waals surface area (Å²) in [7, 11) is 2.02. The van der Waals surface area contributed by atoms with Crippen molar-refractivity contribution in [1.29, 1.82) is 0 Å². The molecule has 0 spiro atoms. The van der Waals surface area contributed by atoms with E-state index in [2.05, 4.69) is 25.9 Å². The van der Waals surface area contributed by atoms with E-state index >= 15 is 0 Å². The minimum absolute atomic E-state index is 0.777. The van der Waals surface area contributed by atoms with E-state index in [4.69, 9.17) is 0 Å². The molecule has 0 bridgehead atoms. The smallest absolute Gasteiger partial charge is 0.0521 e. The monoisotopic (exact) mass is 166 g/mol. The van der Waals surface area contributed by atoms with Crippen LogP contribution in [-0.4, -0.2) is 9.78 Å². The molecule has 0 fully saturated rings. The Morgan fingerprint density at radius 2 is 2.17 bits per heavy atom. The van der Waals surface area contributed by atoms with Gasteiger partial charge in [-0.3, -0.25) is 4.68 Å². The van der Waals surface area contributed by atoms with Crippen molar-refractivity contribution < 1.29 is 0 Å². The molecule has 0 saturated heterocycles. The van der Waals surface area contributed by atoms with Crippen molar-refractivity contribution in [3.63, 3.8) is 0 Å². The Balaban J connectivity index is 2.62. The van der Waals surface area contributed by atoms with Gasteiger partial charge in [-0.1, -0.05) is 13.8 Å². The van der Waals surface area contributed by atoms with Gasteiger partial charge in [-0.05, 0) is 31.2 Å². The Morgan fingerprint density at radius 3 is 2.58 bits per heavy atom. The van der Waals surface area contributed by atoms with Crippen molar-refractivity contribution in [2.75, 3.05) is 0 Å². The van der Waals surface area contributed by atoms with Crippen LogP contribution in [0, 0.1) is 12.8 Å². The molecule has 1 aromatic heterocycles. The summed E-state index contributed by atoms with van der Waals surface area (Å²) in [5.74, 6) is 0.777. The first kappa shape index (κ1) is 9.30. The van der Waals surface area contributed by atoms with Crippen LogP contribution in [-0.2, 0) is 13.5 Å². The topological polar surface area (TPSA) is 17.8 Å². The third-order valence-electron chi connectivity index (χ3n) is 2.23. The van der Waals surface area contributed by atoms with Gasteiger partial charge in [-0.15, -0.1) is 0 Å². The zero-order valence-electron chi connectivity index (χ0n) is 8.46. The minimum Gasteiger partial charge on any atom is -0.272 e. The summed E-state index contributed by atoms with van der Waals surface area (Å²) in [5.41, 5.74) is 2.70. The molecule has 2 nitrogen and oxygen atoms in total. The summed E-state index contributed by atoms with van der Waals surface area (Å²) in [4.78, 5) is 0. The Labute approximate surface area is 74.6 Å². The summed E-state index contributed by atoms with van der Waals surface area (Å²) in [5, 5.41) is 4.21. The fraction of sp³-hybridized carbons (Fsp3) is 0.700. The van der Waals surface area contributed by atoms with Crippen LogP contribution < -0.4 is 0 Å². The van der Waals surface area contributed by atoms with Gasteiger partial charge in [0.05, 0.1) is 6.20 Å². The molecule has 0 unspecified atom stereocenters. The van der Waals surface area contributed by atoms with E-state index in [9.17, 15) is 0 Å². The third-order valence-corrected chi connectivity index (χ3v) is 2.23. The van der Waals surface area contributed by atoms with Crippen molar-refractivity contribution in [2.24, 2.45) is 13.0 Å². The maximum absolute atomic E-state index is 4.21. The van der Waals surface area contributed by atoms with E-state index in [1.165, 1.54) is 17.7 Å². The number of rotatable bonds is 3. The average molecular weight is 166 g/mol. The molecule has 0 aromatic carbocycles. The maximum atomic E-state index is 4.21. The molecule has 0 aliphatic carbocycles. The fourth-order valence-corrected chi connectivity index (χ4v) is 1.36. The zero-order valence-corrected chi connectivity index (χ0v) is 8.46. The van der Waals surface area contributed by atoms with Gasteiger partial charge in [-0.25, -0.2) is 0 Å². The SMILES string of the molecule is Cc1cnn(C)c1CCC(C)C. The molecule has 1 heterocycles. The van der Waals surface area contributed by atoms with E-state index in [0.717, 1.165) is 12.3 Å². The Kier molecular flexibility index (Phi) is 2.90. The molecule has 1 aromatic rings. The molecule has 0 aliphatic rings. The molecule has 0 amide bonds. The van der Waals surface area contributed by atoms with Crippen molar-refractivity contribution in [1.82, 2.24) is 9.78 Å². The molecule has 0 atom stereocenters. The van der Waals surface area contributed by atoms with Crippen LogP contribution in [0.2, 0.25) is 0 Å². The third kappa shape index (κ3) is 2.10. The predicted molar refractivity (Wildman–Crippen MR) is 51.1 cm³/mol. The number of nitrogens with zero attached hydrogens (tertiary/aromatic N) is 2.